The maximum Gasteiger partial charge on any atom is 0.239 e. The van der Waals surface area contributed by atoms with E-state index in [0.29, 0.717) is 5.95 Å². The number of hydrogen-bond donors (Lipinski definition) is 2. The average Bonchev–Trinajstić information content (AvgIpc) is 2.98. The Hall–Kier alpha value is -1.71. The Labute approximate surface area is 110 Å². The fourth-order valence-corrected chi connectivity index (χ4v) is 3.12. The minimum Gasteiger partial charge on any atom is -0.292 e. The van der Waals surface area contributed by atoms with Crippen molar-refractivity contribution in [1.29, 1.82) is 0 Å². The molecule has 0 saturated heterocycles. The van der Waals surface area contributed by atoms with Crippen molar-refractivity contribution >= 4 is 39.3 Å². The number of nitrogens with two attached hydrogens (primary N) is 1. The zero-order valence-corrected chi connectivity index (χ0v) is 11.0. The highest BCUT2D eigenvalue weighted by molar-refractivity contribution is 7.99. The van der Waals surface area contributed by atoms with Crippen LogP contribution < -0.4 is 11.3 Å². The number of fused-ring (bicyclic) bond motifs is 1. The lowest BCUT2D eigenvalue weighted by Gasteiger charge is -2.04. The van der Waals surface area contributed by atoms with Crippen molar-refractivity contribution in [3.05, 3.63) is 17.8 Å². The fourth-order valence-electron chi connectivity index (χ4n) is 1.44. The molecule has 0 atom stereocenters. The highest BCUT2D eigenvalue weighted by atomic mass is 32.2. The van der Waals surface area contributed by atoms with Crippen LogP contribution >= 0.6 is 23.1 Å². The van der Waals surface area contributed by atoms with Gasteiger partial charge in [-0.1, -0.05) is 0 Å². The first kappa shape index (κ1) is 11.4. The molecule has 3 rings (SSSR count). The number of hydrazine groups is 1. The van der Waals surface area contributed by atoms with Gasteiger partial charge in [0.15, 0.2) is 5.16 Å². The van der Waals surface area contributed by atoms with E-state index in [2.05, 4.69) is 25.5 Å². The molecule has 0 aliphatic rings. The molecule has 0 aliphatic heterocycles. The first-order valence-corrected chi connectivity index (χ1v) is 6.71. The molecule has 0 radical (unpaired) electrons. The van der Waals surface area contributed by atoms with Gasteiger partial charge in [0.05, 0.1) is 0 Å². The van der Waals surface area contributed by atoms with Crippen LogP contribution in [0.3, 0.4) is 0 Å². The van der Waals surface area contributed by atoms with E-state index >= 15 is 0 Å². The maximum absolute atomic E-state index is 5.37. The molecular weight excluding hydrogens is 270 g/mol. The van der Waals surface area contributed by atoms with Crippen LogP contribution in [0.2, 0.25) is 0 Å². The lowest BCUT2D eigenvalue weighted by Crippen LogP contribution is -2.10. The molecule has 0 spiro atoms. The van der Waals surface area contributed by atoms with Crippen LogP contribution in [-0.4, -0.2) is 24.7 Å². The number of anilines is 1. The Morgan fingerprint density at radius 3 is 3.06 bits per heavy atom. The summed E-state index contributed by atoms with van der Waals surface area (Å²) in [7, 11) is 1.84. The van der Waals surface area contributed by atoms with E-state index in [1.54, 1.807) is 16.0 Å². The van der Waals surface area contributed by atoms with Crippen molar-refractivity contribution in [2.24, 2.45) is 12.9 Å². The van der Waals surface area contributed by atoms with Gasteiger partial charge in [-0.3, -0.25) is 5.43 Å². The van der Waals surface area contributed by atoms with Crippen molar-refractivity contribution in [3.8, 4) is 0 Å². The first-order valence-electron chi connectivity index (χ1n) is 5.01. The Bertz CT molecular complexity index is 689. The number of hydrogen-bond acceptors (Lipinski definition) is 8. The Morgan fingerprint density at radius 2 is 2.33 bits per heavy atom. The Kier molecular flexibility index (Phi) is 2.86. The van der Waals surface area contributed by atoms with Gasteiger partial charge in [-0.25, -0.2) is 25.5 Å². The molecule has 0 fully saturated rings. The second kappa shape index (κ2) is 4.52. The standard InChI is InChI=1S/C9H9N7S2/c1-16-9(11-4-12-16)18-7-5-2-3-17-6(5)13-8(14-7)15-10/h2-4H,10H2,1H3,(H,13,14,15). The molecule has 0 bridgehead atoms. The summed E-state index contributed by atoms with van der Waals surface area (Å²) < 4.78 is 1.69. The molecule has 0 aliphatic carbocycles. The molecule has 3 aromatic heterocycles. The Morgan fingerprint density at radius 1 is 1.44 bits per heavy atom. The van der Waals surface area contributed by atoms with Crippen molar-refractivity contribution < 1.29 is 0 Å². The average molecular weight is 279 g/mol. The highest BCUT2D eigenvalue weighted by Crippen LogP contribution is 2.32. The van der Waals surface area contributed by atoms with Crippen molar-refractivity contribution in [2.45, 2.75) is 10.2 Å². The van der Waals surface area contributed by atoms with Crippen molar-refractivity contribution in [1.82, 2.24) is 24.7 Å². The van der Waals surface area contributed by atoms with Gasteiger partial charge in [0.1, 0.15) is 16.2 Å². The van der Waals surface area contributed by atoms with Gasteiger partial charge < -0.3 is 0 Å². The van der Waals surface area contributed by atoms with E-state index in [0.717, 1.165) is 20.4 Å². The van der Waals surface area contributed by atoms with E-state index in [-0.39, 0.29) is 0 Å². The van der Waals surface area contributed by atoms with E-state index in [9.17, 15) is 0 Å². The Balaban J connectivity index is 2.10. The topological polar surface area (TPSA) is 94.5 Å². The molecule has 3 N–H and O–H groups in total. The van der Waals surface area contributed by atoms with Crippen LogP contribution in [0.15, 0.2) is 28.0 Å². The van der Waals surface area contributed by atoms with Crippen LogP contribution in [-0.2, 0) is 7.05 Å². The largest absolute Gasteiger partial charge is 0.292 e. The van der Waals surface area contributed by atoms with Gasteiger partial charge in [-0.15, -0.1) is 11.3 Å². The van der Waals surface area contributed by atoms with E-state index in [4.69, 9.17) is 5.84 Å². The molecule has 18 heavy (non-hydrogen) atoms. The molecule has 0 amide bonds. The van der Waals surface area contributed by atoms with Gasteiger partial charge in [0, 0.05) is 12.4 Å². The molecule has 7 nitrogen and oxygen atoms in total. The third-order valence-corrected chi connectivity index (χ3v) is 4.14. The van der Waals surface area contributed by atoms with Crippen molar-refractivity contribution in [3.63, 3.8) is 0 Å². The number of aryl methyl sites for hydroxylation is 1. The van der Waals surface area contributed by atoms with Gasteiger partial charge >= 0.3 is 0 Å². The quantitative estimate of drug-likeness (QED) is 0.423. The lowest BCUT2D eigenvalue weighted by atomic mass is 10.4. The predicted molar refractivity (Wildman–Crippen MR) is 70.4 cm³/mol. The summed E-state index contributed by atoms with van der Waals surface area (Å²) in [6, 6.07) is 1.99. The number of nitrogens with zero attached hydrogens (tertiary/aromatic N) is 5. The molecule has 3 aromatic rings. The van der Waals surface area contributed by atoms with Crippen LogP contribution in [0.5, 0.6) is 0 Å². The molecule has 9 heteroatoms. The second-order valence-corrected chi connectivity index (χ2v) is 5.25. The van der Waals surface area contributed by atoms with Gasteiger partial charge in [-0.2, -0.15) is 5.10 Å². The minimum atomic E-state index is 0.398. The summed E-state index contributed by atoms with van der Waals surface area (Å²) in [5.41, 5.74) is 2.47. The third-order valence-electron chi connectivity index (χ3n) is 2.28. The van der Waals surface area contributed by atoms with Gasteiger partial charge in [-0.05, 0) is 23.2 Å². The third kappa shape index (κ3) is 1.92. The van der Waals surface area contributed by atoms with Gasteiger partial charge in [0.2, 0.25) is 5.95 Å². The zero-order valence-electron chi connectivity index (χ0n) is 9.36. The number of nitrogen functional groups attached to an aromatic ring is 1. The first-order chi connectivity index (χ1) is 8.78. The smallest absolute Gasteiger partial charge is 0.239 e. The molecule has 0 unspecified atom stereocenters. The van der Waals surface area contributed by atoms with Crippen LogP contribution in [0.4, 0.5) is 5.95 Å². The second-order valence-electron chi connectivity index (χ2n) is 3.40. The highest BCUT2D eigenvalue weighted by Gasteiger charge is 2.12. The summed E-state index contributed by atoms with van der Waals surface area (Å²) in [4.78, 5) is 13.7. The number of thiophene rings is 1. The van der Waals surface area contributed by atoms with Crippen LogP contribution in [0, 0.1) is 0 Å². The summed E-state index contributed by atoms with van der Waals surface area (Å²) in [6.07, 6.45) is 1.51. The molecule has 0 saturated carbocycles. The number of nitrogens with one attached hydrogen (secondary N) is 1. The van der Waals surface area contributed by atoms with Gasteiger partial charge in [0.25, 0.3) is 0 Å². The van der Waals surface area contributed by atoms with Crippen LogP contribution in [0.1, 0.15) is 0 Å². The SMILES string of the molecule is Cn1ncnc1Sc1nc(NN)nc2sccc12. The molecule has 0 aromatic carbocycles. The molecule has 92 valence electrons. The summed E-state index contributed by atoms with van der Waals surface area (Å²) in [5, 5.41) is 8.57. The number of aromatic nitrogens is 5. The lowest BCUT2D eigenvalue weighted by molar-refractivity contribution is 0.685. The summed E-state index contributed by atoms with van der Waals surface area (Å²) in [5.74, 6) is 5.77. The van der Waals surface area contributed by atoms with Crippen molar-refractivity contribution in [2.75, 3.05) is 5.43 Å². The maximum atomic E-state index is 5.37. The molecule has 3 heterocycles. The van der Waals surface area contributed by atoms with E-state index in [1.165, 1.54) is 18.1 Å². The minimum absolute atomic E-state index is 0.398. The van der Waals surface area contributed by atoms with E-state index in [1.807, 2.05) is 18.5 Å². The summed E-state index contributed by atoms with van der Waals surface area (Å²) >= 11 is 2.98. The van der Waals surface area contributed by atoms with Crippen LogP contribution in [0.25, 0.3) is 10.2 Å². The number of rotatable bonds is 3. The summed E-state index contributed by atoms with van der Waals surface area (Å²) in [6.45, 7) is 0. The monoisotopic (exact) mass is 279 g/mol. The predicted octanol–water partition coefficient (Wildman–Crippen LogP) is 1.26. The zero-order chi connectivity index (χ0) is 12.5. The van der Waals surface area contributed by atoms with E-state index < -0.39 is 0 Å². The normalized spacial score (nSPS) is 11.0. The fraction of sp³-hybridized carbons (Fsp3) is 0.111. The molecular formula is C9H9N7S2.